The summed E-state index contributed by atoms with van der Waals surface area (Å²) < 4.78 is 19.0. The quantitative estimate of drug-likeness (QED) is 0.839. The minimum atomic E-state index is -0.506. The van der Waals surface area contributed by atoms with Crippen LogP contribution in [0.1, 0.15) is 49.9 Å². The lowest BCUT2D eigenvalue weighted by molar-refractivity contribution is -0.0917. The predicted molar refractivity (Wildman–Crippen MR) is 80.6 cm³/mol. The van der Waals surface area contributed by atoms with Crippen LogP contribution in [0.25, 0.3) is 0 Å². The molecule has 1 aliphatic rings. The van der Waals surface area contributed by atoms with E-state index in [1.807, 2.05) is 0 Å². The molecule has 0 aliphatic carbocycles. The molecule has 0 aromatic heterocycles. The first-order chi connectivity index (χ1) is 9.99. The lowest BCUT2D eigenvalue weighted by Gasteiger charge is -2.40. The number of ether oxygens (including phenoxy) is 1. The Balaban J connectivity index is 2.03. The van der Waals surface area contributed by atoms with Crippen LogP contribution >= 0.6 is 0 Å². The number of nitrogen functional groups attached to an aromatic ring is 1. The Labute approximate surface area is 124 Å². The molecule has 0 bridgehead atoms. The standard InChI is InChI=1S/C16H23FN2O2/c1-3-16(4-2)10-12(7-8-21-16)19-15(20)11-5-6-13(17)14(18)9-11/h5-6,9,12H,3-4,7-8,10,18H2,1-2H3,(H,19,20). The van der Waals surface area contributed by atoms with E-state index in [0.29, 0.717) is 12.2 Å². The molecular formula is C16H23FN2O2. The molecule has 0 radical (unpaired) electrons. The monoisotopic (exact) mass is 294 g/mol. The molecule has 1 heterocycles. The highest BCUT2D eigenvalue weighted by atomic mass is 19.1. The number of benzene rings is 1. The molecule has 1 aromatic rings. The van der Waals surface area contributed by atoms with Crippen LogP contribution in [0, 0.1) is 5.82 Å². The predicted octanol–water partition coefficient (Wildman–Crippen LogP) is 2.88. The van der Waals surface area contributed by atoms with E-state index in [4.69, 9.17) is 10.5 Å². The molecule has 1 atom stereocenters. The van der Waals surface area contributed by atoms with Gasteiger partial charge in [-0.25, -0.2) is 4.39 Å². The highest BCUT2D eigenvalue weighted by molar-refractivity contribution is 5.95. The Morgan fingerprint density at radius 2 is 2.19 bits per heavy atom. The van der Waals surface area contributed by atoms with Crippen LogP contribution in [-0.4, -0.2) is 24.2 Å². The first kappa shape index (κ1) is 15.8. The zero-order valence-electron chi connectivity index (χ0n) is 12.6. The molecule has 1 unspecified atom stereocenters. The van der Waals surface area contributed by atoms with E-state index in [9.17, 15) is 9.18 Å². The number of nitrogens with two attached hydrogens (primary N) is 1. The molecule has 0 spiro atoms. The lowest BCUT2D eigenvalue weighted by atomic mass is 9.86. The minimum Gasteiger partial charge on any atom is -0.396 e. The molecule has 1 amide bonds. The zero-order chi connectivity index (χ0) is 15.5. The van der Waals surface area contributed by atoms with Crippen LogP contribution in [0.3, 0.4) is 0 Å². The summed E-state index contributed by atoms with van der Waals surface area (Å²) in [5, 5.41) is 3.01. The number of hydrogen-bond donors (Lipinski definition) is 2. The molecule has 1 aromatic carbocycles. The van der Waals surface area contributed by atoms with Crippen molar-refractivity contribution in [3.8, 4) is 0 Å². The average Bonchev–Trinajstić information content (AvgIpc) is 2.50. The second-order valence-electron chi connectivity index (χ2n) is 5.64. The van der Waals surface area contributed by atoms with Crippen LogP contribution in [-0.2, 0) is 4.74 Å². The van der Waals surface area contributed by atoms with Gasteiger partial charge in [0, 0.05) is 18.2 Å². The van der Waals surface area contributed by atoms with E-state index >= 15 is 0 Å². The van der Waals surface area contributed by atoms with Crippen molar-refractivity contribution in [2.75, 3.05) is 12.3 Å². The number of carbonyl (C=O) groups is 1. The van der Waals surface area contributed by atoms with E-state index in [2.05, 4.69) is 19.2 Å². The van der Waals surface area contributed by atoms with Crippen molar-refractivity contribution < 1.29 is 13.9 Å². The Morgan fingerprint density at radius 3 is 2.81 bits per heavy atom. The number of halogens is 1. The van der Waals surface area contributed by atoms with Gasteiger partial charge in [0.05, 0.1) is 11.3 Å². The van der Waals surface area contributed by atoms with E-state index in [1.165, 1.54) is 18.2 Å². The smallest absolute Gasteiger partial charge is 0.251 e. The molecule has 1 fully saturated rings. The molecule has 1 aliphatic heterocycles. The van der Waals surface area contributed by atoms with E-state index in [-0.39, 0.29) is 23.2 Å². The topological polar surface area (TPSA) is 64.4 Å². The minimum absolute atomic E-state index is 0.00825. The summed E-state index contributed by atoms with van der Waals surface area (Å²) in [6.07, 6.45) is 3.46. The van der Waals surface area contributed by atoms with Gasteiger partial charge in [0.1, 0.15) is 5.82 Å². The number of amides is 1. The molecule has 21 heavy (non-hydrogen) atoms. The molecule has 4 nitrogen and oxygen atoms in total. The number of hydrogen-bond acceptors (Lipinski definition) is 3. The number of anilines is 1. The fourth-order valence-electron chi connectivity index (χ4n) is 2.85. The zero-order valence-corrected chi connectivity index (χ0v) is 12.6. The summed E-state index contributed by atoms with van der Waals surface area (Å²) in [6, 6.07) is 4.12. The molecular weight excluding hydrogens is 271 g/mol. The van der Waals surface area contributed by atoms with Crippen molar-refractivity contribution in [3.63, 3.8) is 0 Å². The molecule has 1 saturated heterocycles. The maximum atomic E-state index is 13.1. The van der Waals surface area contributed by atoms with Gasteiger partial charge in [-0.15, -0.1) is 0 Å². The second-order valence-corrected chi connectivity index (χ2v) is 5.64. The van der Waals surface area contributed by atoms with Gasteiger partial charge >= 0.3 is 0 Å². The van der Waals surface area contributed by atoms with Crippen LogP contribution in [0.2, 0.25) is 0 Å². The Bertz CT molecular complexity index is 515. The maximum absolute atomic E-state index is 13.1. The van der Waals surface area contributed by atoms with Gasteiger partial charge in [-0.05, 0) is 43.9 Å². The third kappa shape index (κ3) is 3.53. The average molecular weight is 294 g/mol. The van der Waals surface area contributed by atoms with Crippen molar-refractivity contribution in [1.29, 1.82) is 0 Å². The van der Waals surface area contributed by atoms with E-state index in [0.717, 1.165) is 25.7 Å². The van der Waals surface area contributed by atoms with Gasteiger partial charge in [0.2, 0.25) is 0 Å². The van der Waals surface area contributed by atoms with Gasteiger partial charge < -0.3 is 15.8 Å². The summed E-state index contributed by atoms with van der Waals surface area (Å²) >= 11 is 0. The third-order valence-corrected chi connectivity index (χ3v) is 4.38. The largest absolute Gasteiger partial charge is 0.396 e. The Hall–Kier alpha value is -1.62. The Morgan fingerprint density at radius 1 is 1.48 bits per heavy atom. The van der Waals surface area contributed by atoms with Crippen molar-refractivity contribution >= 4 is 11.6 Å². The highest BCUT2D eigenvalue weighted by Crippen LogP contribution is 2.31. The first-order valence-corrected chi connectivity index (χ1v) is 7.49. The van der Waals surface area contributed by atoms with Crippen molar-refractivity contribution in [1.82, 2.24) is 5.32 Å². The van der Waals surface area contributed by atoms with E-state index < -0.39 is 5.82 Å². The second kappa shape index (κ2) is 6.43. The molecule has 116 valence electrons. The molecule has 2 rings (SSSR count). The summed E-state index contributed by atoms with van der Waals surface area (Å²) in [4.78, 5) is 12.2. The fraction of sp³-hybridized carbons (Fsp3) is 0.562. The van der Waals surface area contributed by atoms with Crippen LogP contribution < -0.4 is 11.1 Å². The normalized spacial score (nSPS) is 21.0. The molecule has 3 N–H and O–H groups in total. The van der Waals surface area contributed by atoms with Gasteiger partial charge in [0.25, 0.3) is 5.91 Å². The maximum Gasteiger partial charge on any atom is 0.251 e. The highest BCUT2D eigenvalue weighted by Gasteiger charge is 2.35. The van der Waals surface area contributed by atoms with Gasteiger partial charge in [0.15, 0.2) is 0 Å². The summed E-state index contributed by atoms with van der Waals surface area (Å²) in [6.45, 7) is 4.86. The lowest BCUT2D eigenvalue weighted by Crippen LogP contribution is -2.48. The molecule has 5 heteroatoms. The van der Waals surface area contributed by atoms with Crippen LogP contribution in [0.4, 0.5) is 10.1 Å². The summed E-state index contributed by atoms with van der Waals surface area (Å²) in [5.41, 5.74) is 5.74. The van der Waals surface area contributed by atoms with Gasteiger partial charge in [-0.1, -0.05) is 13.8 Å². The van der Waals surface area contributed by atoms with E-state index in [1.54, 1.807) is 0 Å². The van der Waals surface area contributed by atoms with Crippen LogP contribution in [0.5, 0.6) is 0 Å². The van der Waals surface area contributed by atoms with Crippen LogP contribution in [0.15, 0.2) is 18.2 Å². The number of nitrogens with one attached hydrogen (secondary N) is 1. The summed E-state index contributed by atoms with van der Waals surface area (Å²) in [5.74, 6) is -0.719. The SMILES string of the molecule is CCC1(CC)CC(NC(=O)c2ccc(F)c(N)c2)CCO1. The third-order valence-electron chi connectivity index (χ3n) is 4.38. The van der Waals surface area contributed by atoms with Gasteiger partial charge in [-0.2, -0.15) is 0 Å². The first-order valence-electron chi connectivity index (χ1n) is 7.49. The van der Waals surface area contributed by atoms with Crippen molar-refractivity contribution in [2.45, 2.75) is 51.2 Å². The van der Waals surface area contributed by atoms with Gasteiger partial charge in [-0.3, -0.25) is 4.79 Å². The van der Waals surface area contributed by atoms with Crippen molar-refractivity contribution in [2.24, 2.45) is 0 Å². The fourth-order valence-corrected chi connectivity index (χ4v) is 2.85. The Kier molecular flexibility index (Phi) is 4.83. The summed E-state index contributed by atoms with van der Waals surface area (Å²) in [7, 11) is 0. The number of carbonyl (C=O) groups excluding carboxylic acids is 1. The van der Waals surface area contributed by atoms with Crippen molar-refractivity contribution in [3.05, 3.63) is 29.6 Å². The molecule has 0 saturated carbocycles. The number of rotatable bonds is 4.